The van der Waals surface area contributed by atoms with Crippen LogP contribution in [0.5, 0.6) is 17.2 Å². The number of hydrazone groups is 1. The van der Waals surface area contributed by atoms with Crippen LogP contribution in [-0.4, -0.2) is 31.4 Å². The van der Waals surface area contributed by atoms with Crippen molar-refractivity contribution < 1.29 is 19.4 Å². The lowest BCUT2D eigenvalue weighted by Gasteiger charge is -2.07. The molecule has 0 radical (unpaired) electrons. The first-order valence-corrected chi connectivity index (χ1v) is 8.33. The Labute approximate surface area is 158 Å². The molecule has 0 atom stereocenters. The highest BCUT2D eigenvalue weighted by atomic mass is 79.9. The molecule has 0 aliphatic rings. The van der Waals surface area contributed by atoms with Gasteiger partial charge in [-0.25, -0.2) is 5.43 Å². The van der Waals surface area contributed by atoms with Gasteiger partial charge in [0.15, 0.2) is 11.5 Å². The Balaban J connectivity index is 2.03. The molecule has 0 bridgehead atoms. The SMILES string of the molecule is COc1ccc(Cl)c(CC(=O)N/N=C/c2ccc(OC)c(O)c2Br)c1. The first-order valence-electron chi connectivity index (χ1n) is 7.16. The molecule has 0 heterocycles. The van der Waals surface area contributed by atoms with Gasteiger partial charge in [-0.1, -0.05) is 11.6 Å². The number of benzene rings is 2. The molecule has 0 aliphatic carbocycles. The highest BCUT2D eigenvalue weighted by Gasteiger charge is 2.10. The van der Waals surface area contributed by atoms with Crippen LogP contribution in [-0.2, 0) is 11.2 Å². The number of carbonyl (C=O) groups is 1. The maximum Gasteiger partial charge on any atom is 0.244 e. The van der Waals surface area contributed by atoms with Crippen molar-refractivity contribution in [2.75, 3.05) is 14.2 Å². The first kappa shape index (κ1) is 19.1. The van der Waals surface area contributed by atoms with E-state index >= 15 is 0 Å². The third-order valence-electron chi connectivity index (χ3n) is 3.33. The van der Waals surface area contributed by atoms with E-state index in [2.05, 4.69) is 26.5 Å². The third-order valence-corrected chi connectivity index (χ3v) is 4.53. The van der Waals surface area contributed by atoms with E-state index in [1.54, 1.807) is 37.4 Å². The molecule has 2 rings (SSSR count). The zero-order valence-corrected chi connectivity index (χ0v) is 15.9. The predicted octanol–water partition coefficient (Wildman–Crippen LogP) is 3.52. The molecule has 25 heavy (non-hydrogen) atoms. The standard InChI is InChI=1S/C17H16BrClN2O4/c1-24-12-4-5-13(19)11(7-12)8-15(22)21-20-9-10-3-6-14(25-2)17(23)16(10)18/h3-7,9,23H,8H2,1-2H3,(H,21,22)/b20-9+. The fourth-order valence-electron chi connectivity index (χ4n) is 2.03. The van der Waals surface area contributed by atoms with Gasteiger partial charge in [-0.15, -0.1) is 0 Å². The van der Waals surface area contributed by atoms with Crippen molar-refractivity contribution in [1.29, 1.82) is 0 Å². The Morgan fingerprint density at radius 1 is 1.32 bits per heavy atom. The maximum atomic E-state index is 12.0. The topological polar surface area (TPSA) is 80.2 Å². The van der Waals surface area contributed by atoms with E-state index < -0.39 is 0 Å². The molecule has 0 aromatic heterocycles. The van der Waals surface area contributed by atoms with Crippen LogP contribution in [0.3, 0.4) is 0 Å². The average Bonchev–Trinajstić information content (AvgIpc) is 2.60. The van der Waals surface area contributed by atoms with Crippen LogP contribution in [0, 0.1) is 0 Å². The monoisotopic (exact) mass is 426 g/mol. The maximum absolute atomic E-state index is 12.0. The highest BCUT2D eigenvalue weighted by Crippen LogP contribution is 2.35. The Kier molecular flexibility index (Phi) is 6.66. The Bertz CT molecular complexity index is 811. The summed E-state index contributed by atoms with van der Waals surface area (Å²) in [5.74, 6) is 0.579. The van der Waals surface area contributed by atoms with Crippen LogP contribution in [0.4, 0.5) is 0 Å². The summed E-state index contributed by atoms with van der Waals surface area (Å²) in [6.07, 6.45) is 1.47. The van der Waals surface area contributed by atoms with Crippen molar-refractivity contribution in [3.05, 3.63) is 51.0 Å². The molecule has 0 spiro atoms. The van der Waals surface area contributed by atoms with Gasteiger partial charge in [0.05, 0.1) is 31.3 Å². The lowest BCUT2D eigenvalue weighted by Crippen LogP contribution is -2.20. The minimum atomic E-state index is -0.333. The number of halogens is 2. The number of hydrogen-bond donors (Lipinski definition) is 2. The van der Waals surface area contributed by atoms with E-state index in [0.29, 0.717) is 32.1 Å². The van der Waals surface area contributed by atoms with Crippen molar-refractivity contribution in [2.24, 2.45) is 5.10 Å². The number of nitrogens with one attached hydrogen (secondary N) is 1. The third kappa shape index (κ3) is 4.87. The molecule has 132 valence electrons. The van der Waals surface area contributed by atoms with Crippen LogP contribution in [0.1, 0.15) is 11.1 Å². The molecule has 2 aromatic carbocycles. The number of phenols is 1. The molecule has 1 amide bonds. The molecule has 2 N–H and O–H groups in total. The molecule has 8 heteroatoms. The van der Waals surface area contributed by atoms with Gasteiger partial charge in [-0.3, -0.25) is 4.79 Å². The number of rotatable bonds is 6. The molecular weight excluding hydrogens is 412 g/mol. The molecule has 0 saturated heterocycles. The number of carbonyl (C=O) groups excluding carboxylic acids is 1. The fraction of sp³-hybridized carbons (Fsp3) is 0.176. The smallest absolute Gasteiger partial charge is 0.244 e. The summed E-state index contributed by atoms with van der Waals surface area (Å²) in [4.78, 5) is 12.0. The van der Waals surface area contributed by atoms with Gasteiger partial charge in [0.25, 0.3) is 0 Å². The van der Waals surface area contributed by atoms with E-state index in [4.69, 9.17) is 21.1 Å². The Morgan fingerprint density at radius 3 is 2.76 bits per heavy atom. The molecule has 0 saturated carbocycles. The fourth-order valence-corrected chi connectivity index (χ4v) is 2.64. The van der Waals surface area contributed by atoms with Crippen molar-refractivity contribution in [2.45, 2.75) is 6.42 Å². The number of hydrogen-bond acceptors (Lipinski definition) is 5. The molecule has 0 unspecified atom stereocenters. The van der Waals surface area contributed by atoms with Gasteiger partial charge in [-0.05, 0) is 51.8 Å². The molecular formula is C17H16BrClN2O4. The summed E-state index contributed by atoms with van der Waals surface area (Å²) in [6.45, 7) is 0. The molecule has 0 aliphatic heterocycles. The second-order valence-electron chi connectivity index (χ2n) is 4.95. The largest absolute Gasteiger partial charge is 0.503 e. The van der Waals surface area contributed by atoms with Crippen molar-refractivity contribution in [3.63, 3.8) is 0 Å². The summed E-state index contributed by atoms with van der Waals surface area (Å²) in [6, 6.07) is 8.37. The zero-order valence-electron chi connectivity index (χ0n) is 13.5. The second-order valence-corrected chi connectivity index (χ2v) is 6.15. The van der Waals surface area contributed by atoms with E-state index in [0.717, 1.165) is 0 Å². The number of methoxy groups -OCH3 is 2. The summed E-state index contributed by atoms with van der Waals surface area (Å²) in [5.41, 5.74) is 3.63. The van der Waals surface area contributed by atoms with Gasteiger partial charge in [0.1, 0.15) is 5.75 Å². The van der Waals surface area contributed by atoms with Gasteiger partial charge >= 0.3 is 0 Å². The van der Waals surface area contributed by atoms with E-state index in [9.17, 15) is 9.90 Å². The summed E-state index contributed by atoms with van der Waals surface area (Å²) >= 11 is 9.33. The number of nitrogens with zero attached hydrogens (tertiary/aromatic N) is 1. The Morgan fingerprint density at radius 2 is 2.08 bits per heavy atom. The summed E-state index contributed by atoms with van der Waals surface area (Å²) < 4.78 is 10.5. The van der Waals surface area contributed by atoms with Crippen LogP contribution in [0.25, 0.3) is 0 Å². The predicted molar refractivity (Wildman–Crippen MR) is 99.8 cm³/mol. The number of phenolic OH excluding ortho intramolecular Hbond substituents is 1. The second kappa shape index (κ2) is 8.73. The lowest BCUT2D eigenvalue weighted by molar-refractivity contribution is -0.120. The van der Waals surface area contributed by atoms with Gasteiger partial charge in [0.2, 0.25) is 5.91 Å². The highest BCUT2D eigenvalue weighted by molar-refractivity contribution is 9.10. The zero-order chi connectivity index (χ0) is 18.4. The summed E-state index contributed by atoms with van der Waals surface area (Å²) in [7, 11) is 3.00. The van der Waals surface area contributed by atoms with Crippen LogP contribution >= 0.6 is 27.5 Å². The van der Waals surface area contributed by atoms with E-state index in [1.165, 1.54) is 13.3 Å². The lowest BCUT2D eigenvalue weighted by atomic mass is 10.1. The number of ether oxygens (including phenoxy) is 2. The van der Waals surface area contributed by atoms with Crippen molar-refractivity contribution >= 4 is 39.7 Å². The molecule has 0 fully saturated rings. The van der Waals surface area contributed by atoms with Gasteiger partial charge < -0.3 is 14.6 Å². The first-order chi connectivity index (χ1) is 12.0. The van der Waals surface area contributed by atoms with Crippen LogP contribution in [0.2, 0.25) is 5.02 Å². The molecule has 2 aromatic rings. The molecule has 6 nitrogen and oxygen atoms in total. The number of amides is 1. The van der Waals surface area contributed by atoms with Crippen LogP contribution < -0.4 is 14.9 Å². The van der Waals surface area contributed by atoms with E-state index in [-0.39, 0.29) is 18.1 Å². The minimum absolute atomic E-state index is 0.0408. The van der Waals surface area contributed by atoms with Crippen LogP contribution in [0.15, 0.2) is 39.9 Å². The van der Waals surface area contributed by atoms with E-state index in [1.807, 2.05) is 0 Å². The quantitative estimate of drug-likeness (QED) is 0.546. The Hall–Kier alpha value is -2.25. The van der Waals surface area contributed by atoms with Crippen molar-refractivity contribution in [1.82, 2.24) is 5.43 Å². The van der Waals surface area contributed by atoms with Gasteiger partial charge in [-0.2, -0.15) is 5.10 Å². The van der Waals surface area contributed by atoms with Gasteiger partial charge in [0, 0.05) is 10.6 Å². The normalized spacial score (nSPS) is 10.7. The van der Waals surface area contributed by atoms with Crippen molar-refractivity contribution in [3.8, 4) is 17.2 Å². The summed E-state index contributed by atoms with van der Waals surface area (Å²) in [5, 5.41) is 14.3. The minimum Gasteiger partial charge on any atom is -0.503 e. The average molecular weight is 428 g/mol. The number of aromatic hydroxyl groups is 1.